The van der Waals surface area contributed by atoms with Crippen LogP contribution in [-0.2, 0) is 9.59 Å². The Bertz CT molecular complexity index is 556. The maximum absolute atomic E-state index is 12.2. The number of rotatable bonds is 6. The molecule has 1 aromatic rings. The van der Waals surface area contributed by atoms with Crippen LogP contribution in [0.5, 0.6) is 0 Å². The number of hydrogen-bond acceptors (Lipinski definition) is 4. The molecule has 2 heterocycles. The molecular formula is C15H21N3O3S. The minimum Gasteiger partial charge on any atom is -0.347 e. The van der Waals surface area contributed by atoms with Crippen molar-refractivity contribution in [2.75, 3.05) is 6.54 Å². The zero-order valence-corrected chi connectivity index (χ0v) is 13.8. The van der Waals surface area contributed by atoms with Crippen LogP contribution in [0.25, 0.3) is 0 Å². The molecule has 1 aliphatic heterocycles. The highest BCUT2D eigenvalue weighted by atomic mass is 32.1. The molecule has 0 aliphatic carbocycles. The lowest BCUT2D eigenvalue weighted by Crippen LogP contribution is -2.41. The number of carbonyl (C=O) groups excluding carboxylic acids is 3. The first-order valence-corrected chi connectivity index (χ1v) is 8.21. The first kappa shape index (κ1) is 16.5. The Kier molecular flexibility index (Phi) is 5.18. The summed E-state index contributed by atoms with van der Waals surface area (Å²) >= 11 is 1.55. The minimum absolute atomic E-state index is 0.139. The molecule has 6 nitrogen and oxygen atoms in total. The highest BCUT2D eigenvalue weighted by molar-refractivity contribution is 7.10. The van der Waals surface area contributed by atoms with Gasteiger partial charge in [0.15, 0.2) is 0 Å². The van der Waals surface area contributed by atoms with Gasteiger partial charge in [-0.15, -0.1) is 11.3 Å². The van der Waals surface area contributed by atoms with Crippen LogP contribution in [-0.4, -0.2) is 35.3 Å². The molecule has 2 N–H and O–H groups in total. The average Bonchev–Trinajstić information content (AvgIpc) is 3.03. The van der Waals surface area contributed by atoms with E-state index in [0.717, 1.165) is 9.78 Å². The highest BCUT2D eigenvalue weighted by Crippen LogP contribution is 2.18. The summed E-state index contributed by atoms with van der Waals surface area (Å²) in [5.41, 5.74) is 0. The summed E-state index contributed by atoms with van der Waals surface area (Å²) in [6.07, 6.45) is 0.578. The summed E-state index contributed by atoms with van der Waals surface area (Å²) in [5, 5.41) is 7.37. The largest absolute Gasteiger partial charge is 0.347 e. The van der Waals surface area contributed by atoms with Crippen LogP contribution in [0.15, 0.2) is 17.5 Å². The third-order valence-electron chi connectivity index (χ3n) is 3.46. The van der Waals surface area contributed by atoms with Crippen molar-refractivity contribution in [3.8, 4) is 0 Å². The molecule has 2 atom stereocenters. The van der Waals surface area contributed by atoms with E-state index in [9.17, 15) is 14.4 Å². The molecule has 0 saturated carbocycles. The van der Waals surface area contributed by atoms with Gasteiger partial charge in [0.05, 0.1) is 6.04 Å². The zero-order chi connectivity index (χ0) is 16.3. The smallest absolute Gasteiger partial charge is 0.325 e. The third kappa shape index (κ3) is 3.85. The van der Waals surface area contributed by atoms with Gasteiger partial charge >= 0.3 is 6.03 Å². The van der Waals surface area contributed by atoms with Gasteiger partial charge in [-0.25, -0.2) is 4.79 Å². The van der Waals surface area contributed by atoms with Crippen LogP contribution >= 0.6 is 11.3 Å². The van der Waals surface area contributed by atoms with Crippen molar-refractivity contribution in [1.29, 1.82) is 0 Å². The van der Waals surface area contributed by atoms with Crippen molar-refractivity contribution in [2.45, 2.75) is 39.3 Å². The van der Waals surface area contributed by atoms with E-state index in [1.807, 2.05) is 38.3 Å². The zero-order valence-electron chi connectivity index (χ0n) is 13.0. The molecule has 7 heteroatoms. The van der Waals surface area contributed by atoms with E-state index in [4.69, 9.17) is 0 Å². The molecule has 4 amide bonds. The molecule has 22 heavy (non-hydrogen) atoms. The number of nitrogens with one attached hydrogen (secondary N) is 2. The number of thiophene rings is 1. The number of hydrogen-bond donors (Lipinski definition) is 2. The molecule has 2 rings (SSSR count). The molecule has 2 unspecified atom stereocenters. The van der Waals surface area contributed by atoms with E-state index in [1.165, 1.54) is 0 Å². The number of amides is 4. The van der Waals surface area contributed by atoms with E-state index in [2.05, 4.69) is 10.6 Å². The number of imide groups is 1. The quantitative estimate of drug-likeness (QED) is 0.785. The summed E-state index contributed by atoms with van der Waals surface area (Å²) in [5.74, 6) is -0.367. The van der Waals surface area contributed by atoms with Crippen molar-refractivity contribution in [2.24, 2.45) is 5.92 Å². The lowest BCUT2D eigenvalue weighted by atomic mass is 10.0. The number of carbonyl (C=O) groups is 3. The molecule has 1 fully saturated rings. The molecule has 0 aromatic carbocycles. The standard InChI is InChI=1S/C15H21N3O3S/c1-9(2)7-11-14(20)18(15(21)17-11)8-13(19)16-10(3)12-5-4-6-22-12/h4-6,9-11H,7-8H2,1-3H3,(H,16,19)(H,17,21). The normalized spacial score (nSPS) is 19.5. The molecular weight excluding hydrogens is 302 g/mol. The summed E-state index contributed by atoms with van der Waals surface area (Å²) in [4.78, 5) is 38.1. The fourth-order valence-corrected chi connectivity index (χ4v) is 3.13. The average molecular weight is 323 g/mol. The van der Waals surface area contributed by atoms with Crippen molar-refractivity contribution < 1.29 is 14.4 Å². The Hall–Kier alpha value is -1.89. The fourth-order valence-electron chi connectivity index (χ4n) is 2.40. The third-order valence-corrected chi connectivity index (χ3v) is 4.52. The maximum Gasteiger partial charge on any atom is 0.325 e. The van der Waals surface area contributed by atoms with Crippen molar-refractivity contribution >= 4 is 29.2 Å². The van der Waals surface area contributed by atoms with Gasteiger partial charge in [-0.2, -0.15) is 0 Å². The van der Waals surface area contributed by atoms with Gasteiger partial charge in [0.2, 0.25) is 5.91 Å². The Morgan fingerprint density at radius 1 is 1.41 bits per heavy atom. The van der Waals surface area contributed by atoms with Crippen molar-refractivity contribution in [3.63, 3.8) is 0 Å². The number of urea groups is 1. The highest BCUT2D eigenvalue weighted by Gasteiger charge is 2.39. The SMILES string of the molecule is CC(C)CC1NC(=O)N(CC(=O)NC(C)c2cccs2)C1=O. The van der Waals surface area contributed by atoms with Gasteiger partial charge in [-0.1, -0.05) is 19.9 Å². The van der Waals surface area contributed by atoms with Gasteiger partial charge in [0.1, 0.15) is 12.6 Å². The van der Waals surface area contributed by atoms with E-state index in [0.29, 0.717) is 12.3 Å². The molecule has 1 aliphatic rings. The minimum atomic E-state index is -0.519. The first-order valence-electron chi connectivity index (χ1n) is 7.33. The summed E-state index contributed by atoms with van der Waals surface area (Å²) in [6, 6.07) is 2.70. The predicted molar refractivity (Wildman–Crippen MR) is 84.4 cm³/mol. The fraction of sp³-hybridized carbons (Fsp3) is 0.533. The van der Waals surface area contributed by atoms with Gasteiger partial charge in [-0.3, -0.25) is 14.5 Å². The number of nitrogens with zero attached hydrogens (tertiary/aromatic N) is 1. The van der Waals surface area contributed by atoms with Gasteiger partial charge in [0, 0.05) is 4.88 Å². The van der Waals surface area contributed by atoms with Gasteiger partial charge in [0.25, 0.3) is 5.91 Å². The second-order valence-corrected chi connectivity index (χ2v) is 6.84. The molecule has 1 saturated heterocycles. The second-order valence-electron chi connectivity index (χ2n) is 5.86. The predicted octanol–water partition coefficient (Wildman–Crippen LogP) is 1.89. The molecule has 120 valence electrons. The topological polar surface area (TPSA) is 78.5 Å². The summed E-state index contributed by atoms with van der Waals surface area (Å²) in [7, 11) is 0. The summed E-state index contributed by atoms with van der Waals surface area (Å²) in [6.45, 7) is 5.60. The Morgan fingerprint density at radius 3 is 2.73 bits per heavy atom. The van der Waals surface area contributed by atoms with E-state index >= 15 is 0 Å². The van der Waals surface area contributed by atoms with Crippen LogP contribution in [0.2, 0.25) is 0 Å². The van der Waals surface area contributed by atoms with Gasteiger partial charge < -0.3 is 10.6 Å². The molecule has 0 radical (unpaired) electrons. The lowest BCUT2D eigenvalue weighted by Gasteiger charge is -2.16. The van der Waals surface area contributed by atoms with Crippen molar-refractivity contribution in [3.05, 3.63) is 22.4 Å². The lowest BCUT2D eigenvalue weighted by molar-refractivity contribution is -0.132. The first-order chi connectivity index (χ1) is 10.4. The second kappa shape index (κ2) is 6.91. The van der Waals surface area contributed by atoms with Crippen molar-refractivity contribution in [1.82, 2.24) is 15.5 Å². The van der Waals surface area contributed by atoms with Crippen LogP contribution in [0.1, 0.15) is 38.1 Å². The van der Waals surface area contributed by atoms with Crippen LogP contribution in [0.3, 0.4) is 0 Å². The van der Waals surface area contributed by atoms with E-state index in [-0.39, 0.29) is 24.4 Å². The molecule has 0 bridgehead atoms. The Labute approximate surface area is 133 Å². The van der Waals surface area contributed by atoms with E-state index in [1.54, 1.807) is 11.3 Å². The van der Waals surface area contributed by atoms with Crippen LogP contribution < -0.4 is 10.6 Å². The maximum atomic E-state index is 12.2. The molecule has 0 spiro atoms. The Balaban J connectivity index is 1.91. The van der Waals surface area contributed by atoms with Gasteiger partial charge in [-0.05, 0) is 30.7 Å². The Morgan fingerprint density at radius 2 is 2.14 bits per heavy atom. The monoisotopic (exact) mass is 323 g/mol. The molecule has 1 aromatic heterocycles. The summed E-state index contributed by atoms with van der Waals surface area (Å²) < 4.78 is 0. The van der Waals surface area contributed by atoms with E-state index < -0.39 is 12.1 Å². The van der Waals surface area contributed by atoms with Crippen LogP contribution in [0, 0.1) is 5.92 Å². The van der Waals surface area contributed by atoms with Crippen LogP contribution in [0.4, 0.5) is 4.79 Å².